The molecule has 0 aliphatic rings. The molecule has 0 bridgehead atoms. The van der Waals surface area contributed by atoms with Crippen LogP contribution >= 0.6 is 0 Å². The van der Waals surface area contributed by atoms with E-state index in [1.807, 2.05) is 48.5 Å². The minimum absolute atomic E-state index is 0.125. The summed E-state index contributed by atoms with van der Waals surface area (Å²) in [4.78, 5) is 16.2. The van der Waals surface area contributed by atoms with Crippen LogP contribution in [0.4, 0.5) is 5.82 Å². The second-order valence-electron chi connectivity index (χ2n) is 6.58. The van der Waals surface area contributed by atoms with Crippen LogP contribution < -0.4 is 10.0 Å². The zero-order valence-corrected chi connectivity index (χ0v) is 16.3. The fraction of sp³-hybridized carbons (Fsp3) is 0.200. The summed E-state index contributed by atoms with van der Waals surface area (Å²) in [5, 5.41) is 0. The number of hydrogen-bond acceptors (Lipinski definition) is 4. The molecule has 8 heteroatoms. The van der Waals surface area contributed by atoms with Crippen molar-refractivity contribution in [3.05, 3.63) is 83.8 Å². The molecule has 28 heavy (non-hydrogen) atoms. The maximum Gasteiger partial charge on any atom is 0.226 e. The van der Waals surface area contributed by atoms with E-state index in [-0.39, 0.29) is 6.54 Å². The first kappa shape index (κ1) is 19.6. The summed E-state index contributed by atoms with van der Waals surface area (Å²) in [5.74, 6) is -0.566. The zero-order valence-electron chi connectivity index (χ0n) is 15.4. The van der Waals surface area contributed by atoms with Crippen molar-refractivity contribution in [3.8, 4) is 0 Å². The van der Waals surface area contributed by atoms with Gasteiger partial charge in [-0.3, -0.25) is 9.10 Å². The monoisotopic (exact) mass is 398 g/mol. The number of imidazole rings is 1. The molecule has 1 atom stereocenters. The minimum Gasteiger partial charge on any atom is -0.369 e. The van der Waals surface area contributed by atoms with Crippen molar-refractivity contribution in [1.29, 1.82) is 0 Å². The smallest absolute Gasteiger partial charge is 0.226 e. The van der Waals surface area contributed by atoms with Crippen LogP contribution in [-0.2, 0) is 35.7 Å². The van der Waals surface area contributed by atoms with Gasteiger partial charge < -0.3 is 10.3 Å². The Morgan fingerprint density at radius 3 is 2.46 bits per heavy atom. The van der Waals surface area contributed by atoms with Crippen molar-refractivity contribution >= 4 is 22.6 Å². The number of benzene rings is 2. The lowest BCUT2D eigenvalue weighted by molar-refractivity contribution is -0.119. The first-order valence-corrected chi connectivity index (χ1v) is 9.89. The summed E-state index contributed by atoms with van der Waals surface area (Å²) in [6, 6.07) is 16.9. The normalized spacial score (nSPS) is 12.1. The molecule has 1 heterocycles. The first-order valence-electron chi connectivity index (χ1n) is 8.76. The van der Waals surface area contributed by atoms with Gasteiger partial charge in [0, 0.05) is 13.2 Å². The van der Waals surface area contributed by atoms with Gasteiger partial charge in [-0.05, 0) is 23.1 Å². The maximum absolute atomic E-state index is 12.1. The third kappa shape index (κ3) is 4.77. The second-order valence-corrected chi connectivity index (χ2v) is 7.54. The van der Waals surface area contributed by atoms with Crippen molar-refractivity contribution in [2.75, 3.05) is 4.31 Å². The van der Waals surface area contributed by atoms with Crippen LogP contribution in [0, 0.1) is 0 Å². The Morgan fingerprint density at radius 2 is 1.86 bits per heavy atom. The number of carbonyl (C=O) groups excluding carboxylic acids is 1. The van der Waals surface area contributed by atoms with Crippen molar-refractivity contribution in [2.24, 2.45) is 12.8 Å². The molecule has 0 aliphatic heterocycles. The van der Waals surface area contributed by atoms with Crippen molar-refractivity contribution < 1.29 is 13.2 Å². The molecule has 0 saturated carbocycles. The highest BCUT2D eigenvalue weighted by Gasteiger charge is 2.20. The molecule has 1 amide bonds. The van der Waals surface area contributed by atoms with E-state index in [1.54, 1.807) is 30.2 Å². The number of nitrogens with zero attached hydrogens (tertiary/aromatic N) is 3. The minimum atomic E-state index is -2.86. The fourth-order valence-electron chi connectivity index (χ4n) is 3.07. The van der Waals surface area contributed by atoms with Crippen LogP contribution in [0.3, 0.4) is 0 Å². The number of aromatic nitrogens is 2. The number of amides is 1. The lowest BCUT2D eigenvalue weighted by Gasteiger charge is -2.18. The molecular formula is C20H22N4O3S. The van der Waals surface area contributed by atoms with E-state index in [0.717, 1.165) is 16.7 Å². The van der Waals surface area contributed by atoms with Gasteiger partial charge >= 0.3 is 0 Å². The number of anilines is 1. The molecule has 2 aromatic carbocycles. The number of nitrogens with two attached hydrogens (primary N) is 1. The third-order valence-corrected chi connectivity index (χ3v) is 5.21. The summed E-state index contributed by atoms with van der Waals surface area (Å²) in [7, 11) is -1.09. The number of primary amides is 1. The van der Waals surface area contributed by atoms with Crippen LogP contribution in [0.25, 0.3) is 0 Å². The van der Waals surface area contributed by atoms with Crippen LogP contribution in [0.5, 0.6) is 0 Å². The molecule has 1 unspecified atom stereocenters. The summed E-state index contributed by atoms with van der Waals surface area (Å²) >= 11 is 0. The largest absolute Gasteiger partial charge is 0.369 e. The van der Waals surface area contributed by atoms with Crippen molar-refractivity contribution in [1.82, 2.24) is 9.55 Å². The zero-order chi connectivity index (χ0) is 20.1. The lowest BCUT2D eigenvalue weighted by atomic mass is 9.90. The van der Waals surface area contributed by atoms with Gasteiger partial charge in [0.05, 0.1) is 18.8 Å². The predicted molar refractivity (Wildman–Crippen MR) is 108 cm³/mol. The molecule has 0 fully saturated rings. The van der Waals surface area contributed by atoms with E-state index in [2.05, 4.69) is 4.98 Å². The van der Waals surface area contributed by atoms with Gasteiger partial charge in [-0.2, -0.15) is 0 Å². The van der Waals surface area contributed by atoms with E-state index in [0.29, 0.717) is 12.2 Å². The van der Waals surface area contributed by atoms with Gasteiger partial charge in [-0.1, -0.05) is 54.6 Å². The van der Waals surface area contributed by atoms with E-state index in [1.165, 1.54) is 4.31 Å². The van der Waals surface area contributed by atoms with E-state index in [9.17, 15) is 13.2 Å². The first-order chi connectivity index (χ1) is 13.4. The highest BCUT2D eigenvalue weighted by molar-refractivity contribution is 7.74. The standard InChI is InChI=1S/C20H22N4O3S/c1-23-13-19(22-14-23)24(28(26)27)12-16-8-5-9-17(10-16)18(20(21)25)11-15-6-3-2-4-7-15/h2-10,13-14,18,28H,11-12H2,1H3,(H2,21,25). The highest BCUT2D eigenvalue weighted by atomic mass is 32.2. The molecule has 1 aromatic heterocycles. The Labute approximate surface area is 165 Å². The Hall–Kier alpha value is -3.13. The molecular weight excluding hydrogens is 376 g/mol. The Balaban J connectivity index is 1.86. The number of hydrogen-bond donors (Lipinski definition) is 2. The Kier molecular flexibility index (Phi) is 6.10. The molecule has 3 aromatic rings. The van der Waals surface area contributed by atoms with Crippen LogP contribution in [0.15, 0.2) is 67.1 Å². The van der Waals surface area contributed by atoms with Gasteiger partial charge in [0.25, 0.3) is 0 Å². The van der Waals surface area contributed by atoms with E-state index < -0.39 is 22.7 Å². The molecule has 0 saturated heterocycles. The topological polar surface area (TPSA) is 98.3 Å². The second kappa shape index (κ2) is 8.71. The summed E-state index contributed by atoms with van der Waals surface area (Å²) in [6.45, 7) is 0.125. The van der Waals surface area contributed by atoms with E-state index >= 15 is 0 Å². The molecule has 7 nitrogen and oxygen atoms in total. The maximum atomic E-state index is 12.1. The van der Waals surface area contributed by atoms with E-state index in [4.69, 9.17) is 5.73 Å². The summed E-state index contributed by atoms with van der Waals surface area (Å²) in [5.41, 5.74) is 8.17. The van der Waals surface area contributed by atoms with Gasteiger partial charge in [0.2, 0.25) is 16.8 Å². The van der Waals surface area contributed by atoms with Crippen LogP contribution in [0.2, 0.25) is 0 Å². The van der Waals surface area contributed by atoms with Gasteiger partial charge in [-0.25, -0.2) is 13.4 Å². The molecule has 0 radical (unpaired) electrons. The fourth-order valence-corrected chi connectivity index (χ4v) is 3.62. The Bertz CT molecular complexity index is 1020. The van der Waals surface area contributed by atoms with Gasteiger partial charge in [0.1, 0.15) is 0 Å². The molecule has 2 N–H and O–H groups in total. The molecule has 0 spiro atoms. The highest BCUT2D eigenvalue weighted by Crippen LogP contribution is 2.23. The predicted octanol–water partition coefficient (Wildman–Crippen LogP) is 1.76. The van der Waals surface area contributed by atoms with Crippen molar-refractivity contribution in [2.45, 2.75) is 18.9 Å². The third-order valence-electron chi connectivity index (χ3n) is 4.46. The number of thiol groups is 1. The molecule has 3 rings (SSSR count). The van der Waals surface area contributed by atoms with Gasteiger partial charge in [0.15, 0.2) is 5.82 Å². The van der Waals surface area contributed by atoms with Crippen LogP contribution in [-0.4, -0.2) is 23.9 Å². The average Bonchev–Trinajstić information content (AvgIpc) is 3.10. The summed E-state index contributed by atoms with van der Waals surface area (Å²) < 4.78 is 26.3. The van der Waals surface area contributed by atoms with Crippen LogP contribution in [0.1, 0.15) is 22.6 Å². The number of carbonyl (C=O) groups is 1. The number of aryl methyl sites for hydroxylation is 1. The van der Waals surface area contributed by atoms with Gasteiger partial charge in [-0.15, -0.1) is 0 Å². The Morgan fingerprint density at radius 1 is 1.14 bits per heavy atom. The SMILES string of the molecule is Cn1cnc(N(Cc2cccc(C(Cc3ccccc3)C(N)=O)c2)[SH](=O)=O)c1. The lowest BCUT2D eigenvalue weighted by Crippen LogP contribution is -2.24. The molecule has 146 valence electrons. The number of rotatable bonds is 8. The van der Waals surface area contributed by atoms with Crippen molar-refractivity contribution in [3.63, 3.8) is 0 Å². The average molecular weight is 398 g/mol. The quantitative estimate of drug-likeness (QED) is 0.565. The summed E-state index contributed by atoms with van der Waals surface area (Å²) in [6.07, 6.45) is 3.66. The molecule has 0 aliphatic carbocycles.